The normalized spacial score (nSPS) is 17.2. The number of ether oxygens (including phenoxy) is 1. The Kier molecular flexibility index (Phi) is 4.96. The van der Waals surface area contributed by atoms with Gasteiger partial charge in [0.2, 0.25) is 0 Å². The van der Waals surface area contributed by atoms with E-state index in [4.69, 9.17) is 14.7 Å². The van der Waals surface area contributed by atoms with Crippen LogP contribution in [0, 0.1) is 0 Å². The Balaban J connectivity index is 1.56. The summed E-state index contributed by atoms with van der Waals surface area (Å²) in [5.41, 5.74) is 5.01. The lowest BCUT2D eigenvalue weighted by molar-refractivity contribution is 0.182. The number of rotatable bonds is 5. The van der Waals surface area contributed by atoms with Gasteiger partial charge < -0.3 is 19.9 Å². The van der Waals surface area contributed by atoms with E-state index in [1.807, 2.05) is 24.7 Å². The SMILES string of the molecule is COCc1cc2c(-c3nc(N4CCNCC4)c4c(C5CCC5)cncc4n3)ccnc2[nH]1. The lowest BCUT2D eigenvalue weighted by atomic mass is 9.79. The van der Waals surface area contributed by atoms with Crippen LogP contribution < -0.4 is 10.2 Å². The summed E-state index contributed by atoms with van der Waals surface area (Å²) in [6, 6.07) is 4.08. The molecule has 1 aliphatic carbocycles. The van der Waals surface area contributed by atoms with Crippen LogP contribution in [0.15, 0.2) is 30.7 Å². The lowest BCUT2D eigenvalue weighted by Gasteiger charge is -2.32. The monoisotopic (exact) mass is 429 g/mol. The molecule has 0 radical (unpaired) electrons. The van der Waals surface area contributed by atoms with E-state index in [1.165, 1.54) is 30.2 Å². The third-order valence-corrected chi connectivity index (χ3v) is 6.71. The van der Waals surface area contributed by atoms with Crippen molar-refractivity contribution in [3.8, 4) is 11.4 Å². The summed E-state index contributed by atoms with van der Waals surface area (Å²) in [6.45, 7) is 4.30. The molecule has 32 heavy (non-hydrogen) atoms. The van der Waals surface area contributed by atoms with Crippen LogP contribution in [0.3, 0.4) is 0 Å². The van der Waals surface area contributed by atoms with Crippen LogP contribution in [0.2, 0.25) is 0 Å². The number of hydrogen-bond donors (Lipinski definition) is 2. The fourth-order valence-electron chi connectivity index (χ4n) is 4.85. The van der Waals surface area contributed by atoms with Crippen molar-refractivity contribution in [3.05, 3.63) is 42.0 Å². The Morgan fingerprint density at radius 3 is 2.81 bits per heavy atom. The highest BCUT2D eigenvalue weighted by Crippen LogP contribution is 2.42. The first kappa shape index (κ1) is 19.6. The molecule has 1 saturated heterocycles. The van der Waals surface area contributed by atoms with Crippen LogP contribution in [-0.4, -0.2) is 58.2 Å². The second-order valence-electron chi connectivity index (χ2n) is 8.71. The largest absolute Gasteiger partial charge is 0.378 e. The summed E-state index contributed by atoms with van der Waals surface area (Å²) < 4.78 is 5.30. The molecule has 0 aromatic carbocycles. The molecule has 8 nitrogen and oxygen atoms in total. The molecule has 4 aromatic heterocycles. The molecule has 1 aliphatic heterocycles. The van der Waals surface area contributed by atoms with Gasteiger partial charge in [0.1, 0.15) is 11.5 Å². The highest BCUT2D eigenvalue weighted by atomic mass is 16.5. The molecular formula is C24H27N7O. The van der Waals surface area contributed by atoms with E-state index >= 15 is 0 Å². The quantitative estimate of drug-likeness (QED) is 0.502. The summed E-state index contributed by atoms with van der Waals surface area (Å²) in [5.74, 6) is 2.32. The first-order chi connectivity index (χ1) is 15.8. The third-order valence-electron chi connectivity index (χ3n) is 6.71. The number of aromatic nitrogens is 5. The number of nitrogens with zero attached hydrogens (tertiary/aromatic N) is 5. The predicted molar refractivity (Wildman–Crippen MR) is 125 cm³/mol. The number of hydrogen-bond acceptors (Lipinski definition) is 7. The summed E-state index contributed by atoms with van der Waals surface area (Å²) >= 11 is 0. The molecule has 0 unspecified atom stereocenters. The van der Waals surface area contributed by atoms with E-state index in [2.05, 4.69) is 31.2 Å². The molecule has 8 heteroatoms. The summed E-state index contributed by atoms with van der Waals surface area (Å²) in [5, 5.41) is 5.64. The number of pyridine rings is 2. The minimum atomic E-state index is 0.509. The topological polar surface area (TPSA) is 91.8 Å². The van der Waals surface area contributed by atoms with Gasteiger partial charge in [0.25, 0.3) is 0 Å². The Labute approximate surface area is 186 Å². The average molecular weight is 430 g/mol. The van der Waals surface area contributed by atoms with Crippen molar-refractivity contribution in [2.45, 2.75) is 31.8 Å². The molecule has 0 amide bonds. The van der Waals surface area contributed by atoms with Gasteiger partial charge in [-0.15, -0.1) is 0 Å². The van der Waals surface area contributed by atoms with Crippen LogP contribution in [0.1, 0.15) is 36.4 Å². The maximum absolute atomic E-state index is 5.30. The Morgan fingerprint density at radius 1 is 1.16 bits per heavy atom. The number of fused-ring (bicyclic) bond motifs is 2. The van der Waals surface area contributed by atoms with Gasteiger partial charge in [0, 0.05) is 67.7 Å². The molecule has 0 bridgehead atoms. The van der Waals surface area contributed by atoms with Crippen LogP contribution in [0.25, 0.3) is 33.3 Å². The van der Waals surface area contributed by atoms with Crippen molar-refractivity contribution < 1.29 is 4.74 Å². The van der Waals surface area contributed by atoms with E-state index < -0.39 is 0 Å². The van der Waals surface area contributed by atoms with Gasteiger partial charge in [0.05, 0.1) is 18.3 Å². The van der Waals surface area contributed by atoms with Gasteiger partial charge in [0.15, 0.2) is 5.82 Å². The molecule has 164 valence electrons. The van der Waals surface area contributed by atoms with Crippen LogP contribution in [0.5, 0.6) is 0 Å². The lowest BCUT2D eigenvalue weighted by Crippen LogP contribution is -2.44. The van der Waals surface area contributed by atoms with Gasteiger partial charge in [-0.1, -0.05) is 6.42 Å². The van der Waals surface area contributed by atoms with Gasteiger partial charge in [-0.25, -0.2) is 15.0 Å². The summed E-state index contributed by atoms with van der Waals surface area (Å²) in [6.07, 6.45) is 9.47. The summed E-state index contributed by atoms with van der Waals surface area (Å²) in [4.78, 5) is 25.0. The Morgan fingerprint density at radius 2 is 2.03 bits per heavy atom. The van der Waals surface area contributed by atoms with Crippen LogP contribution in [0.4, 0.5) is 5.82 Å². The molecule has 6 rings (SSSR count). The fourth-order valence-corrected chi connectivity index (χ4v) is 4.85. The molecule has 1 saturated carbocycles. The first-order valence-corrected chi connectivity index (χ1v) is 11.4. The molecule has 0 spiro atoms. The zero-order chi connectivity index (χ0) is 21.5. The summed E-state index contributed by atoms with van der Waals surface area (Å²) in [7, 11) is 1.69. The van der Waals surface area contributed by atoms with Crippen molar-refractivity contribution in [1.82, 2.24) is 30.2 Å². The second-order valence-corrected chi connectivity index (χ2v) is 8.71. The maximum atomic E-state index is 5.30. The Hall–Kier alpha value is -3.10. The molecule has 2 N–H and O–H groups in total. The van der Waals surface area contributed by atoms with E-state index in [1.54, 1.807) is 7.11 Å². The van der Waals surface area contributed by atoms with Crippen LogP contribution in [-0.2, 0) is 11.3 Å². The van der Waals surface area contributed by atoms with Gasteiger partial charge in [-0.3, -0.25) is 4.98 Å². The number of nitrogens with one attached hydrogen (secondary N) is 2. The average Bonchev–Trinajstić information content (AvgIpc) is 3.21. The van der Waals surface area contributed by atoms with Gasteiger partial charge in [-0.2, -0.15) is 0 Å². The molecule has 0 atom stereocenters. The van der Waals surface area contributed by atoms with Gasteiger partial charge in [-0.05, 0) is 36.5 Å². The highest BCUT2D eigenvalue weighted by Gasteiger charge is 2.27. The van der Waals surface area contributed by atoms with Crippen LogP contribution >= 0.6 is 0 Å². The second kappa shape index (κ2) is 8.11. The molecule has 2 aliphatic rings. The first-order valence-electron chi connectivity index (χ1n) is 11.4. The van der Waals surface area contributed by atoms with E-state index in [-0.39, 0.29) is 0 Å². The van der Waals surface area contributed by atoms with E-state index in [9.17, 15) is 0 Å². The minimum Gasteiger partial charge on any atom is -0.378 e. The molecule has 5 heterocycles. The fraction of sp³-hybridized carbons (Fsp3) is 0.417. The molecular weight excluding hydrogens is 402 g/mol. The number of piperazine rings is 1. The zero-order valence-electron chi connectivity index (χ0n) is 18.3. The molecule has 2 fully saturated rings. The van der Waals surface area contributed by atoms with Crippen molar-refractivity contribution in [2.75, 3.05) is 38.2 Å². The number of H-pyrrole nitrogens is 1. The maximum Gasteiger partial charge on any atom is 0.163 e. The van der Waals surface area contributed by atoms with E-state index in [0.29, 0.717) is 18.3 Å². The third kappa shape index (κ3) is 3.30. The zero-order valence-corrected chi connectivity index (χ0v) is 18.3. The van der Waals surface area contributed by atoms with Gasteiger partial charge >= 0.3 is 0 Å². The standard InChI is InChI=1S/C24H27N7O/c1-32-14-16-11-18-17(5-6-27-22(18)28-16)23-29-20-13-26-12-19(15-3-2-4-15)21(20)24(30-23)31-9-7-25-8-10-31/h5-6,11-13,15,25H,2-4,7-10,14H2,1H3,(H,27,28). The highest BCUT2D eigenvalue weighted by molar-refractivity contribution is 5.97. The van der Waals surface area contributed by atoms with E-state index in [0.717, 1.165) is 59.8 Å². The number of aromatic amines is 1. The van der Waals surface area contributed by atoms with Crippen molar-refractivity contribution >= 4 is 27.8 Å². The van der Waals surface area contributed by atoms with Crippen molar-refractivity contribution in [1.29, 1.82) is 0 Å². The minimum absolute atomic E-state index is 0.509. The Bertz CT molecular complexity index is 1270. The number of methoxy groups -OCH3 is 1. The van der Waals surface area contributed by atoms with Crippen molar-refractivity contribution in [2.24, 2.45) is 0 Å². The van der Waals surface area contributed by atoms with Crippen molar-refractivity contribution in [3.63, 3.8) is 0 Å². The molecule has 4 aromatic rings. The smallest absolute Gasteiger partial charge is 0.163 e. The number of anilines is 1. The predicted octanol–water partition coefficient (Wildman–Crippen LogP) is 3.39.